The third-order valence-corrected chi connectivity index (χ3v) is 5.25. The van der Waals surface area contributed by atoms with E-state index in [1.165, 1.54) is 24.5 Å². The predicted octanol–water partition coefficient (Wildman–Crippen LogP) is 3.07. The Hall–Kier alpha value is -3.54. The topological polar surface area (TPSA) is 110 Å². The summed E-state index contributed by atoms with van der Waals surface area (Å²) in [5.74, 6) is -2.70. The maximum Gasteiger partial charge on any atom is 0.416 e. The second-order valence-corrected chi connectivity index (χ2v) is 8.16. The number of carbonyl (C=O) groups excluding carboxylic acids is 3. The van der Waals surface area contributed by atoms with Crippen molar-refractivity contribution in [2.45, 2.75) is 26.1 Å². The summed E-state index contributed by atoms with van der Waals surface area (Å²) in [6.45, 7) is 4.26. The van der Waals surface area contributed by atoms with E-state index < -0.39 is 42.2 Å². The van der Waals surface area contributed by atoms with E-state index in [2.05, 4.69) is 10.6 Å². The first-order valence-corrected chi connectivity index (χ1v) is 10.9. The normalized spacial score (nSPS) is 15.0. The van der Waals surface area contributed by atoms with Crippen LogP contribution in [0.2, 0.25) is 0 Å². The fraction of sp³-hybridized carbons (Fsp3) is 0.435. The van der Waals surface area contributed by atoms with Crippen LogP contribution in [0.1, 0.15) is 30.0 Å². The van der Waals surface area contributed by atoms with Crippen molar-refractivity contribution < 1.29 is 41.4 Å². The Morgan fingerprint density at radius 3 is 2.46 bits per heavy atom. The lowest BCUT2D eigenvalue weighted by Crippen LogP contribution is -2.45. The van der Waals surface area contributed by atoms with Crippen molar-refractivity contribution in [1.82, 2.24) is 5.32 Å². The molecular formula is C23H26F3N3O6. The molecule has 0 unspecified atom stereocenters. The van der Waals surface area contributed by atoms with Gasteiger partial charge in [0.15, 0.2) is 12.4 Å². The van der Waals surface area contributed by atoms with Crippen molar-refractivity contribution in [2.75, 3.05) is 43.1 Å². The minimum Gasteiger partial charge on any atom is -0.459 e. The number of nitrogens with zero attached hydrogens (tertiary/aromatic N) is 1. The first kappa shape index (κ1) is 26.1. The van der Waals surface area contributed by atoms with E-state index in [-0.39, 0.29) is 17.4 Å². The Morgan fingerprint density at radius 2 is 1.86 bits per heavy atom. The highest BCUT2D eigenvalue weighted by molar-refractivity contribution is 5.97. The SMILES string of the molecule is CC(C)[C@H](NC(=O)c1ccco1)C(=O)OCC(=O)Nc1cc(C(F)(F)F)ccc1N1CCOCC1. The van der Waals surface area contributed by atoms with Crippen molar-refractivity contribution >= 4 is 29.2 Å². The number of ether oxygens (including phenoxy) is 2. The van der Waals surface area contributed by atoms with Gasteiger partial charge in [0.1, 0.15) is 6.04 Å². The van der Waals surface area contributed by atoms with Gasteiger partial charge in [-0.2, -0.15) is 13.2 Å². The summed E-state index contributed by atoms with van der Waals surface area (Å²) in [6.07, 6.45) is -3.30. The highest BCUT2D eigenvalue weighted by Gasteiger charge is 2.32. The molecule has 190 valence electrons. The number of esters is 1. The molecule has 35 heavy (non-hydrogen) atoms. The maximum atomic E-state index is 13.2. The van der Waals surface area contributed by atoms with E-state index in [1.807, 2.05) is 0 Å². The molecule has 3 rings (SSSR count). The lowest BCUT2D eigenvalue weighted by Gasteiger charge is -2.31. The van der Waals surface area contributed by atoms with Crippen LogP contribution in [-0.4, -0.2) is 56.7 Å². The summed E-state index contributed by atoms with van der Waals surface area (Å²) in [7, 11) is 0. The molecule has 1 atom stereocenters. The first-order valence-electron chi connectivity index (χ1n) is 10.9. The third-order valence-electron chi connectivity index (χ3n) is 5.25. The molecule has 0 spiro atoms. The van der Waals surface area contributed by atoms with Gasteiger partial charge in [-0.05, 0) is 36.2 Å². The molecule has 2 amide bonds. The Bertz CT molecular complexity index is 1030. The van der Waals surface area contributed by atoms with Crippen molar-refractivity contribution in [1.29, 1.82) is 0 Å². The van der Waals surface area contributed by atoms with Crippen LogP contribution < -0.4 is 15.5 Å². The Balaban J connectivity index is 1.67. The van der Waals surface area contributed by atoms with Crippen LogP contribution in [0.25, 0.3) is 0 Å². The van der Waals surface area contributed by atoms with Crippen LogP contribution in [0.4, 0.5) is 24.5 Å². The van der Waals surface area contributed by atoms with Gasteiger partial charge in [0.2, 0.25) is 0 Å². The van der Waals surface area contributed by atoms with E-state index in [0.29, 0.717) is 32.0 Å². The lowest BCUT2D eigenvalue weighted by molar-refractivity contribution is -0.150. The van der Waals surface area contributed by atoms with Crippen LogP contribution in [0, 0.1) is 5.92 Å². The van der Waals surface area contributed by atoms with Crippen molar-refractivity contribution in [3.05, 3.63) is 47.9 Å². The quantitative estimate of drug-likeness (QED) is 0.540. The van der Waals surface area contributed by atoms with Gasteiger partial charge in [-0.1, -0.05) is 13.8 Å². The Labute approximate surface area is 199 Å². The summed E-state index contributed by atoms with van der Waals surface area (Å²) in [6, 6.07) is 4.93. The summed E-state index contributed by atoms with van der Waals surface area (Å²) in [4.78, 5) is 39.0. The molecular weight excluding hydrogens is 471 g/mol. The molecule has 0 bridgehead atoms. The summed E-state index contributed by atoms with van der Waals surface area (Å²) < 4.78 is 55.1. The van der Waals surface area contributed by atoms with Crippen molar-refractivity contribution in [2.24, 2.45) is 5.92 Å². The number of nitrogens with one attached hydrogen (secondary N) is 2. The fourth-order valence-corrected chi connectivity index (χ4v) is 3.42. The Morgan fingerprint density at radius 1 is 1.14 bits per heavy atom. The number of hydrogen-bond donors (Lipinski definition) is 2. The van der Waals surface area contributed by atoms with Crippen LogP contribution in [0.5, 0.6) is 0 Å². The number of morpholine rings is 1. The average Bonchev–Trinajstić information content (AvgIpc) is 3.36. The average molecular weight is 497 g/mol. The standard InChI is InChI=1S/C23H26F3N3O6/c1-14(2)20(28-21(31)18-4-3-9-34-18)22(32)35-13-19(30)27-16-12-15(23(24,25)26)5-6-17(16)29-7-10-33-11-8-29/h3-6,9,12,14,20H,7-8,10-11,13H2,1-2H3,(H,27,30)(H,28,31)/t20-/m0/s1. The molecule has 1 saturated heterocycles. The van der Waals surface area contributed by atoms with Gasteiger partial charge in [0, 0.05) is 13.1 Å². The maximum absolute atomic E-state index is 13.2. The van der Waals surface area contributed by atoms with Gasteiger partial charge in [0.05, 0.1) is 36.4 Å². The van der Waals surface area contributed by atoms with E-state index in [1.54, 1.807) is 18.7 Å². The molecule has 2 N–H and O–H groups in total. The number of carbonyl (C=O) groups is 3. The van der Waals surface area contributed by atoms with Crippen LogP contribution in [0.3, 0.4) is 0 Å². The van der Waals surface area contributed by atoms with Gasteiger partial charge < -0.3 is 29.4 Å². The largest absolute Gasteiger partial charge is 0.459 e. The molecule has 1 aromatic carbocycles. The van der Waals surface area contributed by atoms with Crippen LogP contribution in [0.15, 0.2) is 41.0 Å². The van der Waals surface area contributed by atoms with Gasteiger partial charge in [0.25, 0.3) is 11.8 Å². The molecule has 1 aliphatic rings. The highest BCUT2D eigenvalue weighted by Crippen LogP contribution is 2.35. The van der Waals surface area contributed by atoms with Crippen LogP contribution >= 0.6 is 0 Å². The van der Waals surface area contributed by atoms with Gasteiger partial charge >= 0.3 is 12.1 Å². The number of furan rings is 1. The number of anilines is 2. The van der Waals surface area contributed by atoms with Gasteiger partial charge in [-0.15, -0.1) is 0 Å². The van der Waals surface area contributed by atoms with Gasteiger partial charge in [-0.25, -0.2) is 4.79 Å². The van der Waals surface area contributed by atoms with E-state index >= 15 is 0 Å². The number of hydrogen-bond acceptors (Lipinski definition) is 7. The zero-order chi connectivity index (χ0) is 25.6. The minimum atomic E-state index is -4.60. The molecule has 1 fully saturated rings. The second-order valence-electron chi connectivity index (χ2n) is 8.16. The molecule has 1 aliphatic heterocycles. The predicted molar refractivity (Wildman–Crippen MR) is 119 cm³/mol. The van der Waals surface area contributed by atoms with Crippen LogP contribution in [-0.2, 0) is 25.2 Å². The van der Waals surface area contributed by atoms with E-state index in [0.717, 1.165) is 12.1 Å². The number of rotatable bonds is 8. The highest BCUT2D eigenvalue weighted by atomic mass is 19.4. The molecule has 2 heterocycles. The summed E-state index contributed by atoms with van der Waals surface area (Å²) in [5.41, 5.74) is -0.594. The molecule has 2 aromatic rings. The van der Waals surface area contributed by atoms with E-state index in [4.69, 9.17) is 13.9 Å². The molecule has 9 nitrogen and oxygen atoms in total. The monoisotopic (exact) mass is 497 g/mol. The third kappa shape index (κ3) is 6.98. The molecule has 0 saturated carbocycles. The lowest BCUT2D eigenvalue weighted by atomic mass is 10.0. The molecule has 1 aromatic heterocycles. The molecule has 0 radical (unpaired) electrons. The van der Waals surface area contributed by atoms with Gasteiger partial charge in [-0.3, -0.25) is 9.59 Å². The summed E-state index contributed by atoms with van der Waals surface area (Å²) in [5, 5.41) is 4.89. The van der Waals surface area contributed by atoms with E-state index in [9.17, 15) is 27.6 Å². The zero-order valence-electron chi connectivity index (χ0n) is 19.2. The zero-order valence-corrected chi connectivity index (χ0v) is 19.2. The fourth-order valence-electron chi connectivity index (χ4n) is 3.42. The minimum absolute atomic E-state index is 0.00128. The number of benzene rings is 1. The van der Waals surface area contributed by atoms with Crippen molar-refractivity contribution in [3.63, 3.8) is 0 Å². The summed E-state index contributed by atoms with van der Waals surface area (Å²) >= 11 is 0. The smallest absolute Gasteiger partial charge is 0.416 e. The number of amides is 2. The first-order chi connectivity index (χ1) is 16.6. The molecule has 0 aliphatic carbocycles. The second kappa shape index (κ2) is 11.3. The number of halogens is 3. The van der Waals surface area contributed by atoms with Crippen molar-refractivity contribution in [3.8, 4) is 0 Å². The number of alkyl halides is 3. The molecule has 12 heteroatoms. The Kier molecular flexibility index (Phi) is 8.39.